The van der Waals surface area contributed by atoms with Gasteiger partial charge in [-0.3, -0.25) is 0 Å². The third kappa shape index (κ3) is 4.92. The molecule has 7 heavy (non-hydrogen) atoms. The van der Waals surface area contributed by atoms with Crippen molar-refractivity contribution in [2.24, 2.45) is 0 Å². The second-order valence-electron chi connectivity index (χ2n) is 2.05. The number of halogens is 1. The van der Waals surface area contributed by atoms with Gasteiger partial charge in [-0.05, 0) is 0 Å². The highest BCUT2D eigenvalue weighted by Gasteiger charge is 2.00. The van der Waals surface area contributed by atoms with Crippen molar-refractivity contribution in [1.29, 1.82) is 0 Å². The molecule has 0 aromatic carbocycles. The van der Waals surface area contributed by atoms with Crippen LogP contribution in [0.2, 0.25) is 4.05 Å². The summed E-state index contributed by atoms with van der Waals surface area (Å²) < 4.78 is 0.853. The van der Waals surface area contributed by atoms with E-state index in [4.69, 9.17) is 9.07 Å². The van der Waals surface area contributed by atoms with Gasteiger partial charge in [-0.2, -0.15) is 0 Å². The fourth-order valence-corrected chi connectivity index (χ4v) is 1.60. The Kier molecular flexibility index (Phi) is 5.98. The summed E-state index contributed by atoms with van der Waals surface area (Å²) in [5, 5.41) is 0. The van der Waals surface area contributed by atoms with E-state index in [0.29, 0.717) is 0 Å². The van der Waals surface area contributed by atoms with E-state index in [1.807, 2.05) is 0 Å². The Morgan fingerprint density at radius 3 is 2.43 bits per heavy atom. The van der Waals surface area contributed by atoms with Crippen LogP contribution >= 0.6 is 9.07 Å². The van der Waals surface area contributed by atoms with E-state index in [9.17, 15) is 0 Å². The normalized spacial score (nSPS) is 13.0. The molecule has 0 amide bonds. The predicted octanol–water partition coefficient (Wildman–Crippen LogP) is 2.45. The van der Waals surface area contributed by atoms with Crippen LogP contribution < -0.4 is 0 Å². The molecule has 0 aromatic heterocycles. The standard InChI is InChI=1S/C5H11.ClH.Mg/c1-3-5-4-2;;/h3H,4-5H2,1-2H3;1H;/q;;+1/p-1. The van der Waals surface area contributed by atoms with E-state index >= 15 is 0 Å². The summed E-state index contributed by atoms with van der Waals surface area (Å²) in [6.07, 6.45) is 2.62. The highest BCUT2D eigenvalue weighted by molar-refractivity contribution is 6.94. The largest absolute Gasteiger partial charge is 0.504 e. The van der Waals surface area contributed by atoms with Gasteiger partial charge in [-0.25, -0.2) is 0 Å². The van der Waals surface area contributed by atoms with Crippen LogP contribution in [0.5, 0.6) is 0 Å². The lowest BCUT2D eigenvalue weighted by Gasteiger charge is -1.99. The topological polar surface area (TPSA) is 0 Å². The Morgan fingerprint density at radius 2 is 2.29 bits per heavy atom. The van der Waals surface area contributed by atoms with Crippen molar-refractivity contribution >= 4 is 28.3 Å². The SMILES string of the molecule is CCC[CH](C)[Mg][Cl]. The second-order valence-corrected chi connectivity index (χ2v) is 4.68. The lowest BCUT2D eigenvalue weighted by atomic mass is 10.3. The molecule has 0 nitrogen and oxygen atoms in total. The molecule has 0 radical (unpaired) electrons. The van der Waals surface area contributed by atoms with E-state index in [0.717, 1.165) is 4.05 Å². The molecule has 1 atom stereocenters. The number of hydrogen-bond acceptors (Lipinski definition) is 0. The Morgan fingerprint density at radius 1 is 1.71 bits per heavy atom. The van der Waals surface area contributed by atoms with Gasteiger partial charge >= 0.3 is 19.3 Å². The van der Waals surface area contributed by atoms with E-state index in [1.54, 1.807) is 0 Å². The number of hydrogen-bond donors (Lipinski definition) is 0. The molecule has 0 aliphatic heterocycles. The molecule has 0 N–H and O–H groups in total. The van der Waals surface area contributed by atoms with Crippen LogP contribution in [0.1, 0.15) is 26.7 Å². The van der Waals surface area contributed by atoms with Crippen molar-refractivity contribution in [1.82, 2.24) is 0 Å². The van der Waals surface area contributed by atoms with Crippen LogP contribution in [-0.4, -0.2) is 19.3 Å². The van der Waals surface area contributed by atoms with Gasteiger partial charge in [0.25, 0.3) is 0 Å². The Balaban J connectivity index is 2.83. The first-order chi connectivity index (χ1) is 3.31. The maximum absolute atomic E-state index is 5.67. The second kappa shape index (κ2) is 5.20. The molecule has 0 fully saturated rings. The molecule has 0 saturated carbocycles. The third-order valence-electron chi connectivity index (χ3n) is 1.04. The molecule has 0 aliphatic rings. The maximum Gasteiger partial charge on any atom is 0.504 e. The molecule has 0 heterocycles. The van der Waals surface area contributed by atoms with Gasteiger partial charge in [-0.15, -0.1) is 4.05 Å². The van der Waals surface area contributed by atoms with Crippen LogP contribution in [0.4, 0.5) is 0 Å². The summed E-state index contributed by atoms with van der Waals surface area (Å²) >= 11 is -0.200. The minimum atomic E-state index is -0.200. The van der Waals surface area contributed by atoms with Gasteiger partial charge in [0.05, 0.1) is 0 Å². The minimum Gasteiger partial charge on any atom is -0.346 e. The number of rotatable bonds is 3. The molecule has 40 valence electrons. The molecule has 0 aliphatic carbocycles. The third-order valence-corrected chi connectivity index (χ3v) is 3.56. The maximum atomic E-state index is 5.67. The van der Waals surface area contributed by atoms with Crippen LogP contribution in [-0.2, 0) is 0 Å². The summed E-state index contributed by atoms with van der Waals surface area (Å²) in [5.74, 6) is 0. The first-order valence-electron chi connectivity index (χ1n) is 2.87. The van der Waals surface area contributed by atoms with Gasteiger partial charge in [0.2, 0.25) is 0 Å². The minimum absolute atomic E-state index is 0.200. The quantitative estimate of drug-likeness (QED) is 0.516. The Bertz CT molecular complexity index is 39.1. The fraction of sp³-hybridized carbons (Fsp3) is 1.00. The molecule has 0 rings (SSSR count). The van der Waals surface area contributed by atoms with Gasteiger partial charge in [0, 0.05) is 0 Å². The predicted molar refractivity (Wildman–Crippen MR) is 35.9 cm³/mol. The molecule has 0 saturated heterocycles. The highest BCUT2D eigenvalue weighted by Crippen LogP contribution is 2.10. The summed E-state index contributed by atoms with van der Waals surface area (Å²) in [4.78, 5) is 0. The first-order valence-corrected chi connectivity index (χ1v) is 5.82. The van der Waals surface area contributed by atoms with E-state index in [2.05, 4.69) is 13.8 Å². The molecule has 0 bridgehead atoms. The van der Waals surface area contributed by atoms with E-state index in [1.165, 1.54) is 12.8 Å². The summed E-state index contributed by atoms with van der Waals surface area (Å²) in [6.45, 7) is 4.44. The highest BCUT2D eigenvalue weighted by atomic mass is 35.5. The average molecular weight is 131 g/mol. The fourth-order valence-electron chi connectivity index (χ4n) is 0.570. The molecule has 0 spiro atoms. The van der Waals surface area contributed by atoms with Crippen molar-refractivity contribution in [3.05, 3.63) is 0 Å². The summed E-state index contributed by atoms with van der Waals surface area (Å²) in [5.41, 5.74) is 0. The monoisotopic (exact) mass is 130 g/mol. The zero-order valence-electron chi connectivity index (χ0n) is 5.08. The summed E-state index contributed by atoms with van der Waals surface area (Å²) in [7, 11) is 5.67. The lowest BCUT2D eigenvalue weighted by molar-refractivity contribution is 0.767. The van der Waals surface area contributed by atoms with E-state index in [-0.39, 0.29) is 19.3 Å². The van der Waals surface area contributed by atoms with Gasteiger partial charge < -0.3 is 9.07 Å². The lowest BCUT2D eigenvalue weighted by Crippen LogP contribution is -1.89. The first kappa shape index (κ1) is 8.06. The van der Waals surface area contributed by atoms with Crippen LogP contribution in [0.15, 0.2) is 0 Å². The Labute approximate surface area is 59.1 Å². The van der Waals surface area contributed by atoms with Crippen molar-refractivity contribution in [3.63, 3.8) is 0 Å². The van der Waals surface area contributed by atoms with Crippen molar-refractivity contribution in [3.8, 4) is 0 Å². The van der Waals surface area contributed by atoms with Gasteiger partial charge in [0.1, 0.15) is 0 Å². The van der Waals surface area contributed by atoms with E-state index < -0.39 is 0 Å². The van der Waals surface area contributed by atoms with Crippen molar-refractivity contribution in [2.45, 2.75) is 30.7 Å². The van der Waals surface area contributed by atoms with Crippen molar-refractivity contribution in [2.75, 3.05) is 0 Å². The van der Waals surface area contributed by atoms with Crippen molar-refractivity contribution < 1.29 is 0 Å². The smallest absolute Gasteiger partial charge is 0.346 e. The average Bonchev–Trinajstić information content (AvgIpc) is 1.68. The molecular formula is C5H11ClMg. The van der Waals surface area contributed by atoms with Gasteiger partial charge in [0.15, 0.2) is 0 Å². The van der Waals surface area contributed by atoms with Crippen LogP contribution in [0.25, 0.3) is 0 Å². The van der Waals surface area contributed by atoms with Gasteiger partial charge in [-0.1, -0.05) is 26.7 Å². The molecule has 1 unspecified atom stereocenters. The molecule has 0 aromatic rings. The molecular weight excluding hydrogens is 120 g/mol. The van der Waals surface area contributed by atoms with Crippen LogP contribution in [0, 0.1) is 0 Å². The molecule has 2 heteroatoms. The zero-order valence-corrected chi connectivity index (χ0v) is 7.25. The summed E-state index contributed by atoms with van der Waals surface area (Å²) in [6, 6.07) is 0. The zero-order chi connectivity index (χ0) is 5.70. The Hall–Kier alpha value is 1.06. The van der Waals surface area contributed by atoms with Crippen LogP contribution in [0.3, 0.4) is 0 Å².